The van der Waals surface area contributed by atoms with Crippen molar-refractivity contribution in [1.82, 2.24) is 0 Å². The van der Waals surface area contributed by atoms with Crippen molar-refractivity contribution >= 4 is 11.9 Å². The van der Waals surface area contributed by atoms with Crippen LogP contribution in [-0.4, -0.2) is 35.9 Å². The lowest BCUT2D eigenvalue weighted by molar-refractivity contribution is -0.157. The van der Waals surface area contributed by atoms with Gasteiger partial charge in [0.05, 0.1) is 24.0 Å². The molecule has 2 heterocycles. The Morgan fingerprint density at radius 2 is 2.00 bits per heavy atom. The number of aliphatic carboxylic acids is 1. The van der Waals surface area contributed by atoms with Crippen LogP contribution in [-0.2, 0) is 19.1 Å². The average molecular weight is 224 g/mol. The van der Waals surface area contributed by atoms with Gasteiger partial charge in [0.2, 0.25) is 0 Å². The molecule has 2 rings (SSSR count). The molecule has 0 amide bonds. The Labute approximate surface area is 92.7 Å². The summed E-state index contributed by atoms with van der Waals surface area (Å²) in [4.78, 5) is 22.7. The summed E-state index contributed by atoms with van der Waals surface area (Å²) in [5.74, 6) is -0.876. The molecule has 0 saturated carbocycles. The lowest BCUT2D eigenvalue weighted by atomic mass is 9.79. The Morgan fingerprint density at radius 1 is 1.38 bits per heavy atom. The standard InChI is InChI=1S/C11H12O5/c1-2-5-15-11(14)9-7-4-3-6(16-7)8(9)10(12)13/h1,6-9H,3-5H2,(H,12,13)/t6-,7+,8-,9+/m0/s1. The molecule has 2 bridgehead atoms. The van der Waals surface area contributed by atoms with Crippen LogP contribution in [0.5, 0.6) is 0 Å². The van der Waals surface area contributed by atoms with Gasteiger partial charge in [-0.05, 0) is 12.8 Å². The van der Waals surface area contributed by atoms with Crippen LogP contribution in [0, 0.1) is 24.2 Å². The summed E-state index contributed by atoms with van der Waals surface area (Å²) >= 11 is 0. The van der Waals surface area contributed by atoms with E-state index in [0.29, 0.717) is 12.8 Å². The Bertz CT molecular complexity index is 356. The van der Waals surface area contributed by atoms with Crippen LogP contribution in [0.15, 0.2) is 0 Å². The average Bonchev–Trinajstić information content (AvgIpc) is 2.84. The number of hydrogen-bond acceptors (Lipinski definition) is 4. The second kappa shape index (κ2) is 4.14. The third kappa shape index (κ3) is 1.65. The van der Waals surface area contributed by atoms with Gasteiger partial charge < -0.3 is 14.6 Å². The molecule has 0 radical (unpaired) electrons. The molecule has 1 N–H and O–H groups in total. The second-order valence-electron chi connectivity index (χ2n) is 3.99. The molecule has 16 heavy (non-hydrogen) atoms. The van der Waals surface area contributed by atoms with Crippen LogP contribution in [0.4, 0.5) is 0 Å². The minimum atomic E-state index is -1.00. The van der Waals surface area contributed by atoms with E-state index in [0.717, 1.165) is 0 Å². The first-order valence-electron chi connectivity index (χ1n) is 5.13. The van der Waals surface area contributed by atoms with Crippen molar-refractivity contribution in [1.29, 1.82) is 0 Å². The molecule has 2 saturated heterocycles. The van der Waals surface area contributed by atoms with Gasteiger partial charge in [0.1, 0.15) is 0 Å². The Hall–Kier alpha value is -1.54. The van der Waals surface area contributed by atoms with E-state index in [1.165, 1.54) is 0 Å². The predicted molar refractivity (Wildman–Crippen MR) is 52.3 cm³/mol. The van der Waals surface area contributed by atoms with Crippen molar-refractivity contribution in [3.63, 3.8) is 0 Å². The molecule has 5 heteroatoms. The molecule has 0 unspecified atom stereocenters. The predicted octanol–water partition coefficient (Wildman–Crippen LogP) is 0.0410. The summed E-state index contributed by atoms with van der Waals surface area (Å²) < 4.78 is 10.2. The van der Waals surface area contributed by atoms with Crippen LogP contribution < -0.4 is 0 Å². The number of carbonyl (C=O) groups is 2. The van der Waals surface area contributed by atoms with Crippen molar-refractivity contribution in [2.24, 2.45) is 11.8 Å². The van der Waals surface area contributed by atoms with Crippen molar-refractivity contribution in [2.45, 2.75) is 25.0 Å². The quantitative estimate of drug-likeness (QED) is 0.541. The molecule has 0 spiro atoms. The Morgan fingerprint density at radius 3 is 2.56 bits per heavy atom. The number of terminal acetylenes is 1. The fraction of sp³-hybridized carbons (Fsp3) is 0.636. The van der Waals surface area contributed by atoms with Gasteiger partial charge in [0.15, 0.2) is 6.61 Å². The number of carboxylic acid groups (broad SMARTS) is 1. The van der Waals surface area contributed by atoms with Gasteiger partial charge in [-0.15, -0.1) is 6.42 Å². The van der Waals surface area contributed by atoms with E-state index >= 15 is 0 Å². The summed E-state index contributed by atoms with van der Waals surface area (Å²) in [6.45, 7) is -0.126. The third-order valence-corrected chi connectivity index (χ3v) is 3.13. The molecule has 0 aromatic carbocycles. The van der Waals surface area contributed by atoms with E-state index in [-0.39, 0.29) is 18.8 Å². The van der Waals surface area contributed by atoms with Crippen LogP contribution in [0.25, 0.3) is 0 Å². The third-order valence-electron chi connectivity index (χ3n) is 3.13. The minimum absolute atomic E-state index is 0.126. The van der Waals surface area contributed by atoms with E-state index in [4.69, 9.17) is 21.0 Å². The van der Waals surface area contributed by atoms with Gasteiger partial charge in [-0.1, -0.05) is 5.92 Å². The number of fused-ring (bicyclic) bond motifs is 2. The topological polar surface area (TPSA) is 72.8 Å². The highest BCUT2D eigenvalue weighted by molar-refractivity contribution is 5.83. The highest BCUT2D eigenvalue weighted by Crippen LogP contribution is 2.44. The maximum Gasteiger partial charge on any atom is 0.313 e. The van der Waals surface area contributed by atoms with Gasteiger partial charge in [-0.25, -0.2) is 0 Å². The summed E-state index contributed by atoms with van der Waals surface area (Å²) in [5.41, 5.74) is 0. The first-order chi connectivity index (χ1) is 7.65. The Balaban J connectivity index is 2.10. The normalized spacial score (nSPS) is 35.7. The molecule has 4 atom stereocenters. The van der Waals surface area contributed by atoms with E-state index in [1.807, 2.05) is 0 Å². The monoisotopic (exact) mass is 224 g/mol. The van der Waals surface area contributed by atoms with E-state index in [1.54, 1.807) is 0 Å². The summed E-state index contributed by atoms with van der Waals surface area (Å²) in [6, 6.07) is 0. The van der Waals surface area contributed by atoms with Crippen LogP contribution in [0.2, 0.25) is 0 Å². The van der Waals surface area contributed by atoms with Gasteiger partial charge >= 0.3 is 11.9 Å². The Kier molecular flexibility index (Phi) is 2.84. The molecular formula is C11H12O5. The van der Waals surface area contributed by atoms with Crippen molar-refractivity contribution in [2.75, 3.05) is 6.61 Å². The molecule has 86 valence electrons. The highest BCUT2D eigenvalue weighted by Gasteiger charge is 2.56. The van der Waals surface area contributed by atoms with E-state index in [2.05, 4.69) is 5.92 Å². The number of ether oxygens (including phenoxy) is 2. The molecular weight excluding hydrogens is 212 g/mol. The molecule has 2 aliphatic heterocycles. The zero-order chi connectivity index (χ0) is 11.7. The molecule has 0 aromatic rings. The second-order valence-corrected chi connectivity index (χ2v) is 3.99. The van der Waals surface area contributed by atoms with E-state index in [9.17, 15) is 9.59 Å². The van der Waals surface area contributed by atoms with Gasteiger partial charge in [-0.2, -0.15) is 0 Å². The number of carbonyl (C=O) groups excluding carboxylic acids is 1. The first kappa shape index (κ1) is 11.0. The summed E-state index contributed by atoms with van der Waals surface area (Å²) in [6.07, 6.45) is 5.70. The molecule has 2 aliphatic rings. The SMILES string of the molecule is C#CCOC(=O)[C@H]1[C@@H](C(=O)O)[C@@H]2CC[C@H]1O2. The highest BCUT2D eigenvalue weighted by atomic mass is 16.5. The van der Waals surface area contributed by atoms with Crippen molar-refractivity contribution < 1.29 is 24.2 Å². The molecule has 2 fully saturated rings. The van der Waals surface area contributed by atoms with Gasteiger partial charge in [0.25, 0.3) is 0 Å². The zero-order valence-electron chi connectivity index (χ0n) is 8.59. The first-order valence-corrected chi connectivity index (χ1v) is 5.13. The zero-order valence-corrected chi connectivity index (χ0v) is 8.59. The number of carboxylic acids is 1. The maximum absolute atomic E-state index is 11.6. The van der Waals surface area contributed by atoms with Crippen LogP contribution in [0.3, 0.4) is 0 Å². The summed E-state index contributed by atoms with van der Waals surface area (Å²) in [5, 5.41) is 9.05. The minimum Gasteiger partial charge on any atom is -0.481 e. The smallest absolute Gasteiger partial charge is 0.313 e. The number of hydrogen-bond donors (Lipinski definition) is 1. The lowest BCUT2D eigenvalue weighted by Crippen LogP contribution is -2.39. The van der Waals surface area contributed by atoms with Crippen LogP contribution >= 0.6 is 0 Å². The summed E-state index contributed by atoms with van der Waals surface area (Å²) in [7, 11) is 0. The van der Waals surface area contributed by atoms with E-state index < -0.39 is 23.8 Å². The van der Waals surface area contributed by atoms with Crippen LogP contribution in [0.1, 0.15) is 12.8 Å². The largest absolute Gasteiger partial charge is 0.481 e. The van der Waals surface area contributed by atoms with Gasteiger partial charge in [0, 0.05) is 0 Å². The fourth-order valence-corrected chi connectivity index (χ4v) is 2.50. The van der Waals surface area contributed by atoms with Gasteiger partial charge in [-0.3, -0.25) is 9.59 Å². The number of esters is 1. The molecule has 5 nitrogen and oxygen atoms in total. The molecule has 0 aliphatic carbocycles. The lowest BCUT2D eigenvalue weighted by Gasteiger charge is -2.22. The number of rotatable bonds is 3. The molecule has 0 aromatic heterocycles. The maximum atomic E-state index is 11.6. The fourth-order valence-electron chi connectivity index (χ4n) is 2.50. The van der Waals surface area contributed by atoms with Crippen molar-refractivity contribution in [3.05, 3.63) is 0 Å². The van der Waals surface area contributed by atoms with Crippen molar-refractivity contribution in [3.8, 4) is 12.3 Å².